The van der Waals surface area contributed by atoms with Crippen LogP contribution in [0.25, 0.3) is 16.6 Å². The summed E-state index contributed by atoms with van der Waals surface area (Å²) in [6, 6.07) is 22.5. The van der Waals surface area contributed by atoms with Crippen LogP contribution in [0.2, 0.25) is 5.02 Å². The van der Waals surface area contributed by atoms with Crippen LogP contribution in [0.15, 0.2) is 82.7 Å². The van der Waals surface area contributed by atoms with Gasteiger partial charge in [-0.05, 0) is 48.0 Å². The van der Waals surface area contributed by atoms with Crippen LogP contribution in [-0.2, 0) is 4.79 Å². The van der Waals surface area contributed by atoms with Gasteiger partial charge < -0.3 is 5.73 Å². The number of nitriles is 1. The predicted molar refractivity (Wildman–Crippen MR) is 121 cm³/mol. The molecule has 3 aromatic carbocycles. The van der Waals surface area contributed by atoms with Gasteiger partial charge in [0.25, 0.3) is 5.56 Å². The number of hydrogen-bond acceptors (Lipinski definition) is 5. The van der Waals surface area contributed by atoms with Gasteiger partial charge >= 0.3 is 0 Å². The third kappa shape index (κ3) is 4.17. The molecule has 0 spiro atoms. The number of rotatable bonds is 5. The fourth-order valence-electron chi connectivity index (χ4n) is 3.16. The first-order chi connectivity index (χ1) is 15.0. The fourth-order valence-corrected chi connectivity index (χ4v) is 4.41. The first-order valence-corrected chi connectivity index (χ1v) is 10.5. The van der Waals surface area contributed by atoms with E-state index in [1.807, 2.05) is 6.07 Å². The zero-order chi connectivity index (χ0) is 22.0. The molecule has 1 aromatic heterocycles. The van der Waals surface area contributed by atoms with Crippen molar-refractivity contribution in [2.24, 2.45) is 5.73 Å². The molecule has 31 heavy (non-hydrogen) atoms. The van der Waals surface area contributed by atoms with E-state index in [-0.39, 0.29) is 5.56 Å². The highest BCUT2D eigenvalue weighted by Crippen LogP contribution is 2.35. The van der Waals surface area contributed by atoms with Gasteiger partial charge in [0.1, 0.15) is 5.25 Å². The maximum absolute atomic E-state index is 13.3. The minimum atomic E-state index is -0.814. The SMILES string of the molecule is N#Cc1ccc(C(Sc2nc3ccccc3c(=O)n2-c2cccc(Cl)c2)C(N)=O)cc1. The Kier molecular flexibility index (Phi) is 5.76. The van der Waals surface area contributed by atoms with Crippen molar-refractivity contribution in [3.63, 3.8) is 0 Å². The minimum Gasteiger partial charge on any atom is -0.368 e. The van der Waals surface area contributed by atoms with Gasteiger partial charge in [0.05, 0.1) is 28.2 Å². The van der Waals surface area contributed by atoms with Gasteiger partial charge in [0.2, 0.25) is 5.91 Å². The third-order valence-electron chi connectivity index (χ3n) is 4.64. The van der Waals surface area contributed by atoms with Crippen molar-refractivity contribution >= 4 is 40.2 Å². The third-order valence-corrected chi connectivity index (χ3v) is 6.10. The molecule has 0 fully saturated rings. The quantitative estimate of drug-likeness (QED) is 0.365. The molecule has 4 aromatic rings. The van der Waals surface area contributed by atoms with Crippen molar-refractivity contribution in [2.75, 3.05) is 0 Å². The maximum atomic E-state index is 13.3. The summed E-state index contributed by atoms with van der Waals surface area (Å²) >= 11 is 7.23. The molecular weight excluding hydrogens is 432 g/mol. The van der Waals surface area contributed by atoms with Crippen LogP contribution < -0.4 is 11.3 Å². The van der Waals surface area contributed by atoms with E-state index in [9.17, 15) is 9.59 Å². The average molecular weight is 447 g/mol. The first kappa shape index (κ1) is 20.7. The number of benzene rings is 3. The van der Waals surface area contributed by atoms with E-state index >= 15 is 0 Å². The lowest BCUT2D eigenvalue weighted by Gasteiger charge is -2.18. The maximum Gasteiger partial charge on any atom is 0.266 e. The number of nitrogens with two attached hydrogens (primary N) is 1. The van der Waals surface area contributed by atoms with Gasteiger partial charge in [0.15, 0.2) is 5.16 Å². The number of thioether (sulfide) groups is 1. The van der Waals surface area contributed by atoms with E-state index in [1.165, 1.54) is 4.57 Å². The molecule has 0 saturated heterocycles. The lowest BCUT2D eigenvalue weighted by Crippen LogP contribution is -2.24. The van der Waals surface area contributed by atoms with E-state index in [4.69, 9.17) is 22.6 Å². The van der Waals surface area contributed by atoms with Crippen LogP contribution >= 0.6 is 23.4 Å². The summed E-state index contributed by atoms with van der Waals surface area (Å²) in [5.41, 5.74) is 7.53. The molecule has 0 aliphatic carbocycles. The zero-order valence-corrected chi connectivity index (χ0v) is 17.6. The van der Waals surface area contributed by atoms with Gasteiger partial charge in [0, 0.05) is 5.02 Å². The molecule has 8 heteroatoms. The Balaban J connectivity index is 1.90. The molecule has 1 unspecified atom stereocenters. The van der Waals surface area contributed by atoms with Crippen LogP contribution in [0.1, 0.15) is 16.4 Å². The van der Waals surface area contributed by atoms with E-state index in [0.717, 1.165) is 11.8 Å². The molecule has 1 amide bonds. The van der Waals surface area contributed by atoms with E-state index < -0.39 is 11.2 Å². The van der Waals surface area contributed by atoms with E-state index in [0.29, 0.717) is 37.9 Å². The Labute approximate surface area is 186 Å². The van der Waals surface area contributed by atoms with Gasteiger partial charge in [-0.1, -0.05) is 53.7 Å². The second-order valence-electron chi connectivity index (χ2n) is 6.67. The smallest absolute Gasteiger partial charge is 0.266 e. The van der Waals surface area contributed by atoms with Crippen molar-refractivity contribution in [3.05, 3.63) is 99.3 Å². The number of nitrogens with zero attached hydrogens (tertiary/aromatic N) is 3. The molecule has 6 nitrogen and oxygen atoms in total. The van der Waals surface area contributed by atoms with Crippen molar-refractivity contribution in [1.29, 1.82) is 5.26 Å². The summed E-state index contributed by atoms with van der Waals surface area (Å²) in [5.74, 6) is -0.588. The number of carbonyl (C=O) groups is 1. The Bertz CT molecular complexity index is 1390. The minimum absolute atomic E-state index is 0.279. The monoisotopic (exact) mass is 446 g/mol. The standard InChI is InChI=1S/C23H15ClN4O2S/c24-16-4-3-5-17(12-16)28-22(30)18-6-1-2-7-19(18)27-23(28)31-20(21(26)29)15-10-8-14(13-25)9-11-15/h1-12,20H,(H2,26,29). The summed E-state index contributed by atoms with van der Waals surface area (Å²) < 4.78 is 1.43. The summed E-state index contributed by atoms with van der Waals surface area (Å²) in [6.07, 6.45) is 0. The number of primary amides is 1. The van der Waals surface area contributed by atoms with Crippen molar-refractivity contribution in [2.45, 2.75) is 10.4 Å². The number of hydrogen-bond donors (Lipinski definition) is 1. The van der Waals surface area contributed by atoms with Gasteiger partial charge in [-0.25, -0.2) is 4.98 Å². The second kappa shape index (κ2) is 8.64. The molecule has 0 aliphatic rings. The highest BCUT2D eigenvalue weighted by atomic mass is 35.5. The van der Waals surface area contributed by atoms with Crippen LogP contribution in [0.5, 0.6) is 0 Å². The molecule has 4 rings (SSSR count). The summed E-state index contributed by atoms with van der Waals surface area (Å²) in [7, 11) is 0. The molecule has 0 saturated carbocycles. The predicted octanol–water partition coefficient (Wildman–Crippen LogP) is 4.23. The molecular formula is C23H15ClN4O2S. The normalized spacial score (nSPS) is 11.7. The molecule has 152 valence electrons. The van der Waals surface area contributed by atoms with Gasteiger partial charge in [-0.2, -0.15) is 5.26 Å². The fraction of sp³-hybridized carbons (Fsp3) is 0.0435. The molecule has 0 radical (unpaired) electrons. The Morgan fingerprint density at radius 2 is 1.84 bits per heavy atom. The molecule has 1 atom stereocenters. The topological polar surface area (TPSA) is 102 Å². The number of para-hydroxylation sites is 1. The largest absolute Gasteiger partial charge is 0.368 e. The van der Waals surface area contributed by atoms with Gasteiger partial charge in [-0.15, -0.1) is 0 Å². The summed E-state index contributed by atoms with van der Waals surface area (Å²) in [5, 5.41) is 9.42. The average Bonchev–Trinajstić information content (AvgIpc) is 2.77. The van der Waals surface area contributed by atoms with Crippen LogP contribution in [0, 0.1) is 11.3 Å². The number of fused-ring (bicyclic) bond motifs is 1. The first-order valence-electron chi connectivity index (χ1n) is 9.21. The number of halogens is 1. The molecule has 0 aliphatic heterocycles. The van der Waals surface area contributed by atoms with Crippen LogP contribution in [-0.4, -0.2) is 15.5 Å². The van der Waals surface area contributed by atoms with Crippen LogP contribution in [0.4, 0.5) is 0 Å². The van der Waals surface area contributed by atoms with E-state index in [2.05, 4.69) is 4.98 Å². The number of carbonyl (C=O) groups excluding carboxylic acids is 1. The lowest BCUT2D eigenvalue weighted by molar-refractivity contribution is -0.117. The Hall–Kier alpha value is -3.60. The molecule has 0 bridgehead atoms. The lowest BCUT2D eigenvalue weighted by atomic mass is 10.1. The zero-order valence-electron chi connectivity index (χ0n) is 16.0. The number of aromatic nitrogens is 2. The molecule has 1 heterocycles. The summed E-state index contributed by atoms with van der Waals surface area (Å²) in [4.78, 5) is 30.3. The highest BCUT2D eigenvalue weighted by Gasteiger charge is 2.24. The van der Waals surface area contributed by atoms with E-state index in [1.54, 1.807) is 72.8 Å². The highest BCUT2D eigenvalue weighted by molar-refractivity contribution is 8.00. The van der Waals surface area contributed by atoms with Gasteiger partial charge in [-0.3, -0.25) is 14.2 Å². The second-order valence-corrected chi connectivity index (χ2v) is 8.17. The molecule has 2 N–H and O–H groups in total. The van der Waals surface area contributed by atoms with Crippen molar-refractivity contribution in [1.82, 2.24) is 9.55 Å². The van der Waals surface area contributed by atoms with Crippen molar-refractivity contribution < 1.29 is 4.79 Å². The Morgan fingerprint density at radius 3 is 2.52 bits per heavy atom. The summed E-state index contributed by atoms with van der Waals surface area (Å²) in [6.45, 7) is 0. The number of amides is 1. The van der Waals surface area contributed by atoms with Crippen molar-refractivity contribution in [3.8, 4) is 11.8 Å². The van der Waals surface area contributed by atoms with Crippen LogP contribution in [0.3, 0.4) is 0 Å². The Morgan fingerprint density at radius 1 is 1.10 bits per heavy atom.